The van der Waals surface area contributed by atoms with Gasteiger partial charge in [-0.05, 0) is 19.1 Å². The van der Waals surface area contributed by atoms with Crippen LogP contribution < -0.4 is 0 Å². The normalized spacial score (nSPS) is 15.0. The lowest BCUT2D eigenvalue weighted by Gasteiger charge is -2.35. The summed E-state index contributed by atoms with van der Waals surface area (Å²) in [6.07, 6.45) is 1.63. The number of benzene rings is 1. The van der Waals surface area contributed by atoms with Gasteiger partial charge in [0.15, 0.2) is 0 Å². The first-order valence-electron chi connectivity index (χ1n) is 8.96. The Hall–Kier alpha value is -2.16. The standard InChI is InChI=1S/C18H21Cl2N5O3/c1-13-17(25(27)28)12-24(21-13)6-5-18(26)23-9-7-22(8-10-23)11-14-15(19)3-2-4-16(14)20/h2-4,12H,5-11H2,1H3. The summed E-state index contributed by atoms with van der Waals surface area (Å²) in [5.74, 6) is 0.0197. The number of nitro groups is 1. The number of carbonyl (C=O) groups is 1. The van der Waals surface area contributed by atoms with Crippen molar-refractivity contribution in [2.45, 2.75) is 26.4 Å². The van der Waals surface area contributed by atoms with E-state index in [4.69, 9.17) is 23.2 Å². The molecule has 2 aromatic rings. The number of piperazine rings is 1. The molecule has 0 N–H and O–H groups in total. The fourth-order valence-electron chi connectivity index (χ4n) is 3.23. The zero-order valence-electron chi connectivity index (χ0n) is 15.5. The number of aryl methyl sites for hydroxylation is 2. The van der Waals surface area contributed by atoms with E-state index >= 15 is 0 Å². The Labute approximate surface area is 172 Å². The van der Waals surface area contributed by atoms with E-state index in [2.05, 4.69) is 10.00 Å². The Morgan fingerprint density at radius 1 is 1.21 bits per heavy atom. The number of hydrogen-bond donors (Lipinski definition) is 0. The molecule has 3 rings (SSSR count). The summed E-state index contributed by atoms with van der Waals surface area (Å²) in [4.78, 5) is 26.9. The predicted molar refractivity (Wildman–Crippen MR) is 107 cm³/mol. The maximum absolute atomic E-state index is 12.5. The maximum Gasteiger partial charge on any atom is 0.309 e. The van der Waals surface area contributed by atoms with Gasteiger partial charge in [0, 0.05) is 61.3 Å². The molecule has 1 aliphatic rings. The second-order valence-electron chi connectivity index (χ2n) is 6.73. The van der Waals surface area contributed by atoms with E-state index < -0.39 is 4.92 Å². The molecule has 0 saturated carbocycles. The molecule has 0 radical (unpaired) electrons. The number of halogens is 2. The van der Waals surface area contributed by atoms with E-state index in [1.165, 1.54) is 10.9 Å². The van der Waals surface area contributed by atoms with Gasteiger partial charge < -0.3 is 4.90 Å². The fraction of sp³-hybridized carbons (Fsp3) is 0.444. The quantitative estimate of drug-likeness (QED) is 0.524. The molecule has 1 aromatic carbocycles. The van der Waals surface area contributed by atoms with Crippen molar-refractivity contribution in [3.63, 3.8) is 0 Å². The number of nitrogens with zero attached hydrogens (tertiary/aromatic N) is 5. The molecule has 0 unspecified atom stereocenters. The third kappa shape index (κ3) is 4.81. The van der Waals surface area contributed by atoms with Crippen molar-refractivity contribution in [3.8, 4) is 0 Å². The molecule has 0 atom stereocenters. The molecule has 1 saturated heterocycles. The zero-order valence-corrected chi connectivity index (χ0v) is 17.0. The minimum Gasteiger partial charge on any atom is -0.340 e. The van der Waals surface area contributed by atoms with Crippen LogP contribution in [-0.4, -0.2) is 56.6 Å². The Morgan fingerprint density at radius 3 is 2.43 bits per heavy atom. The molecule has 150 valence electrons. The third-order valence-electron chi connectivity index (χ3n) is 4.84. The summed E-state index contributed by atoms with van der Waals surface area (Å²) in [6.45, 7) is 5.28. The average Bonchev–Trinajstić information content (AvgIpc) is 3.04. The number of rotatable bonds is 6. The lowest BCUT2D eigenvalue weighted by molar-refractivity contribution is -0.385. The minimum atomic E-state index is -0.467. The molecule has 10 heteroatoms. The molecule has 0 spiro atoms. The smallest absolute Gasteiger partial charge is 0.309 e. The molecule has 2 heterocycles. The van der Waals surface area contributed by atoms with Gasteiger partial charge in [-0.25, -0.2) is 0 Å². The van der Waals surface area contributed by atoms with Crippen molar-refractivity contribution >= 4 is 34.8 Å². The Kier molecular flexibility index (Phi) is 6.53. The van der Waals surface area contributed by atoms with E-state index in [0.717, 1.165) is 18.7 Å². The number of aromatic nitrogens is 2. The van der Waals surface area contributed by atoms with Crippen molar-refractivity contribution in [3.05, 3.63) is 55.8 Å². The van der Waals surface area contributed by atoms with Gasteiger partial charge in [-0.15, -0.1) is 0 Å². The highest BCUT2D eigenvalue weighted by atomic mass is 35.5. The second kappa shape index (κ2) is 8.89. The fourth-order valence-corrected chi connectivity index (χ4v) is 3.75. The van der Waals surface area contributed by atoms with Crippen molar-refractivity contribution < 1.29 is 9.72 Å². The molecular weight excluding hydrogens is 405 g/mol. The predicted octanol–water partition coefficient (Wildman–Crippen LogP) is 3.14. The van der Waals surface area contributed by atoms with E-state index in [1.807, 2.05) is 23.1 Å². The van der Waals surface area contributed by atoms with E-state index in [-0.39, 0.29) is 18.0 Å². The van der Waals surface area contributed by atoms with Gasteiger partial charge in [-0.3, -0.25) is 24.5 Å². The van der Waals surface area contributed by atoms with Crippen LogP contribution in [0.25, 0.3) is 0 Å². The van der Waals surface area contributed by atoms with Crippen molar-refractivity contribution in [1.29, 1.82) is 0 Å². The second-order valence-corrected chi connectivity index (χ2v) is 7.54. The molecule has 0 aliphatic carbocycles. The minimum absolute atomic E-state index is 0.0197. The Bertz CT molecular complexity index is 858. The van der Waals surface area contributed by atoms with Crippen LogP contribution in [0.2, 0.25) is 10.0 Å². The van der Waals surface area contributed by atoms with E-state index in [9.17, 15) is 14.9 Å². The molecule has 8 nitrogen and oxygen atoms in total. The van der Waals surface area contributed by atoms with Crippen LogP contribution in [0.5, 0.6) is 0 Å². The van der Waals surface area contributed by atoms with Crippen LogP contribution in [0.4, 0.5) is 5.69 Å². The summed E-state index contributed by atoms with van der Waals surface area (Å²) in [7, 11) is 0. The largest absolute Gasteiger partial charge is 0.340 e. The molecule has 1 fully saturated rings. The van der Waals surface area contributed by atoms with Gasteiger partial charge in [-0.2, -0.15) is 5.10 Å². The molecule has 1 aliphatic heterocycles. The topological polar surface area (TPSA) is 84.5 Å². The molecular formula is C18H21Cl2N5O3. The number of amides is 1. The van der Waals surface area contributed by atoms with Gasteiger partial charge in [0.05, 0.1) is 4.92 Å². The van der Waals surface area contributed by atoms with Crippen molar-refractivity contribution in [2.75, 3.05) is 26.2 Å². The van der Waals surface area contributed by atoms with E-state index in [0.29, 0.717) is 41.9 Å². The van der Waals surface area contributed by atoms with Gasteiger partial charge in [0.1, 0.15) is 11.9 Å². The van der Waals surface area contributed by atoms with Crippen LogP contribution in [0, 0.1) is 17.0 Å². The third-order valence-corrected chi connectivity index (χ3v) is 5.55. The van der Waals surface area contributed by atoms with Gasteiger partial charge >= 0.3 is 5.69 Å². The van der Waals surface area contributed by atoms with Crippen LogP contribution in [0.3, 0.4) is 0 Å². The summed E-state index contributed by atoms with van der Waals surface area (Å²) in [5.41, 5.74) is 1.23. The Balaban J connectivity index is 1.48. The molecule has 28 heavy (non-hydrogen) atoms. The first-order valence-corrected chi connectivity index (χ1v) is 9.72. The highest BCUT2D eigenvalue weighted by Gasteiger charge is 2.23. The Morgan fingerprint density at radius 2 is 1.86 bits per heavy atom. The van der Waals surface area contributed by atoms with Gasteiger partial charge in [-0.1, -0.05) is 29.3 Å². The molecule has 1 amide bonds. The summed E-state index contributed by atoms with van der Waals surface area (Å²) >= 11 is 12.5. The SMILES string of the molecule is Cc1nn(CCC(=O)N2CCN(Cc3c(Cl)cccc3Cl)CC2)cc1[N+](=O)[O-]. The maximum atomic E-state index is 12.5. The first kappa shape index (κ1) is 20.6. The highest BCUT2D eigenvalue weighted by Crippen LogP contribution is 2.26. The number of hydrogen-bond acceptors (Lipinski definition) is 5. The molecule has 0 bridgehead atoms. The van der Waals surface area contributed by atoms with Crippen LogP contribution in [0.1, 0.15) is 17.7 Å². The van der Waals surface area contributed by atoms with Crippen molar-refractivity contribution in [2.24, 2.45) is 0 Å². The lowest BCUT2D eigenvalue weighted by atomic mass is 10.2. The summed E-state index contributed by atoms with van der Waals surface area (Å²) in [5, 5.41) is 16.3. The zero-order chi connectivity index (χ0) is 20.3. The van der Waals surface area contributed by atoms with Gasteiger partial charge in [0.2, 0.25) is 5.91 Å². The monoisotopic (exact) mass is 425 g/mol. The van der Waals surface area contributed by atoms with Gasteiger partial charge in [0.25, 0.3) is 0 Å². The van der Waals surface area contributed by atoms with Crippen LogP contribution in [-0.2, 0) is 17.9 Å². The summed E-state index contributed by atoms with van der Waals surface area (Å²) < 4.78 is 1.46. The average molecular weight is 426 g/mol. The van der Waals surface area contributed by atoms with Crippen molar-refractivity contribution in [1.82, 2.24) is 19.6 Å². The first-order chi connectivity index (χ1) is 13.3. The highest BCUT2D eigenvalue weighted by molar-refractivity contribution is 6.35. The lowest BCUT2D eigenvalue weighted by Crippen LogP contribution is -2.48. The van der Waals surface area contributed by atoms with E-state index in [1.54, 1.807) is 6.92 Å². The summed E-state index contributed by atoms with van der Waals surface area (Å²) in [6, 6.07) is 5.47. The van der Waals surface area contributed by atoms with Crippen LogP contribution in [0.15, 0.2) is 24.4 Å². The number of carbonyl (C=O) groups excluding carboxylic acids is 1. The van der Waals surface area contributed by atoms with Crippen LogP contribution >= 0.6 is 23.2 Å². The molecule has 1 aromatic heterocycles.